The van der Waals surface area contributed by atoms with E-state index < -0.39 is 30.9 Å². The number of methoxy groups -OCH3 is 1. The van der Waals surface area contributed by atoms with Crippen LogP contribution in [0.15, 0.2) is 52.3 Å². The molecular weight excluding hydrogens is 495 g/mol. The Bertz CT molecular complexity index is 1210. The Morgan fingerprint density at radius 2 is 1.70 bits per heavy atom. The van der Waals surface area contributed by atoms with E-state index in [0.717, 1.165) is 18.2 Å². The molecule has 1 saturated heterocycles. The maximum Gasteiger partial charge on any atom is 0.240 e. The van der Waals surface area contributed by atoms with Gasteiger partial charge in [-0.3, -0.25) is 4.79 Å². The van der Waals surface area contributed by atoms with Crippen LogP contribution >= 0.6 is 11.6 Å². The number of rotatable bonds is 8. The van der Waals surface area contributed by atoms with Gasteiger partial charge in [-0.05, 0) is 55.3 Å². The molecule has 8 nitrogen and oxygen atoms in total. The summed E-state index contributed by atoms with van der Waals surface area (Å²) >= 11 is 5.63. The molecule has 0 radical (unpaired) electrons. The van der Waals surface area contributed by atoms with E-state index in [1.165, 1.54) is 24.1 Å². The number of halogens is 2. The van der Waals surface area contributed by atoms with Gasteiger partial charge in [-0.2, -0.15) is 0 Å². The monoisotopic (exact) mass is 518 g/mol. The number of benzene rings is 2. The molecule has 0 atom stereocenters. The van der Waals surface area contributed by atoms with E-state index in [2.05, 4.69) is 4.72 Å². The van der Waals surface area contributed by atoms with Crippen LogP contribution in [0, 0.1) is 5.82 Å². The van der Waals surface area contributed by atoms with Crippen molar-refractivity contribution >= 4 is 37.4 Å². The Hall–Kier alpha value is -2.21. The molecule has 33 heavy (non-hydrogen) atoms. The van der Waals surface area contributed by atoms with Crippen LogP contribution in [0.25, 0.3) is 0 Å². The third kappa shape index (κ3) is 6.03. The third-order valence-corrected chi connectivity index (χ3v) is 9.48. The molecule has 180 valence electrons. The van der Waals surface area contributed by atoms with Crippen LogP contribution in [-0.2, 0) is 24.7 Å². The quantitative estimate of drug-likeness (QED) is 0.575. The molecule has 2 aromatic rings. The normalized spacial score (nSPS) is 15.4. The molecule has 1 N–H and O–H groups in total. The Morgan fingerprint density at radius 3 is 2.27 bits per heavy atom. The summed E-state index contributed by atoms with van der Waals surface area (Å²) in [5, 5.41) is -0.918. The summed E-state index contributed by atoms with van der Waals surface area (Å²) in [4.78, 5) is 14.0. The van der Waals surface area contributed by atoms with Gasteiger partial charge in [-0.15, -0.1) is 0 Å². The summed E-state index contributed by atoms with van der Waals surface area (Å²) in [6.07, 6.45) is 0.490. The number of nitrogens with one attached hydrogen (secondary N) is 1. The van der Waals surface area contributed by atoms with Crippen LogP contribution in [0.1, 0.15) is 19.3 Å². The van der Waals surface area contributed by atoms with E-state index in [-0.39, 0.29) is 46.8 Å². The van der Waals surface area contributed by atoms with Crippen molar-refractivity contribution in [2.45, 2.75) is 34.3 Å². The minimum atomic E-state index is -3.95. The van der Waals surface area contributed by atoms with E-state index in [4.69, 9.17) is 16.3 Å². The molecule has 1 aliphatic rings. The molecule has 3 rings (SSSR count). The maximum atomic E-state index is 13.2. The minimum Gasteiger partial charge on any atom is -0.497 e. The largest absolute Gasteiger partial charge is 0.497 e. The number of sulfonamides is 1. The van der Waals surface area contributed by atoms with Crippen molar-refractivity contribution in [3.63, 3.8) is 0 Å². The van der Waals surface area contributed by atoms with Gasteiger partial charge >= 0.3 is 0 Å². The van der Waals surface area contributed by atoms with Crippen LogP contribution in [0.3, 0.4) is 0 Å². The second kappa shape index (κ2) is 10.4. The van der Waals surface area contributed by atoms with Gasteiger partial charge in [0.2, 0.25) is 15.9 Å². The number of carbonyl (C=O) groups is 1. The Balaban J connectivity index is 1.51. The summed E-state index contributed by atoms with van der Waals surface area (Å²) in [6.45, 7) is 0.374. The van der Waals surface area contributed by atoms with E-state index in [1.54, 1.807) is 12.1 Å². The summed E-state index contributed by atoms with van der Waals surface area (Å²) < 4.78 is 70.9. The lowest BCUT2D eigenvalue weighted by Crippen LogP contribution is -2.43. The van der Waals surface area contributed by atoms with Gasteiger partial charge < -0.3 is 9.64 Å². The zero-order chi connectivity index (χ0) is 24.2. The highest BCUT2D eigenvalue weighted by molar-refractivity contribution is 7.92. The molecule has 1 amide bonds. The predicted molar refractivity (Wildman–Crippen MR) is 121 cm³/mol. The highest BCUT2D eigenvalue weighted by Crippen LogP contribution is 2.26. The second-order valence-electron chi connectivity index (χ2n) is 7.52. The van der Waals surface area contributed by atoms with Crippen molar-refractivity contribution in [1.82, 2.24) is 9.62 Å². The average molecular weight is 519 g/mol. The van der Waals surface area contributed by atoms with Gasteiger partial charge in [0.25, 0.3) is 0 Å². The molecule has 1 aliphatic heterocycles. The fourth-order valence-corrected chi connectivity index (χ4v) is 6.59. The molecule has 0 saturated carbocycles. The van der Waals surface area contributed by atoms with E-state index in [9.17, 15) is 26.0 Å². The van der Waals surface area contributed by atoms with Gasteiger partial charge in [-0.1, -0.05) is 11.6 Å². The number of amides is 1. The SMILES string of the molecule is COc1ccc(S(=O)(=O)C2CCN(C(=O)CCNS(=O)(=O)c3ccc(F)c(Cl)c3)CC2)cc1. The molecule has 0 aliphatic carbocycles. The Kier molecular flexibility index (Phi) is 7.99. The molecule has 0 aromatic heterocycles. The summed E-state index contributed by atoms with van der Waals surface area (Å²) in [7, 11) is -5.98. The average Bonchev–Trinajstić information content (AvgIpc) is 2.80. The minimum absolute atomic E-state index is 0.0932. The van der Waals surface area contributed by atoms with E-state index in [0.29, 0.717) is 18.6 Å². The smallest absolute Gasteiger partial charge is 0.240 e. The van der Waals surface area contributed by atoms with Crippen LogP contribution in [0.4, 0.5) is 4.39 Å². The Labute approximate surface area is 197 Å². The molecule has 0 spiro atoms. The zero-order valence-electron chi connectivity index (χ0n) is 17.8. The number of likely N-dealkylation sites (tertiary alicyclic amines) is 1. The summed E-state index contributed by atoms with van der Waals surface area (Å²) in [5.74, 6) is -0.453. The lowest BCUT2D eigenvalue weighted by atomic mass is 10.1. The first-order valence-electron chi connectivity index (χ1n) is 10.1. The predicted octanol–water partition coefficient (Wildman–Crippen LogP) is 2.62. The fraction of sp³-hybridized carbons (Fsp3) is 0.381. The van der Waals surface area contributed by atoms with Crippen LogP contribution < -0.4 is 9.46 Å². The van der Waals surface area contributed by atoms with Gasteiger partial charge in [-0.25, -0.2) is 25.9 Å². The van der Waals surface area contributed by atoms with Crippen molar-refractivity contribution in [2.75, 3.05) is 26.7 Å². The van der Waals surface area contributed by atoms with Crippen LogP contribution in [-0.4, -0.2) is 59.6 Å². The third-order valence-electron chi connectivity index (χ3n) is 5.45. The first kappa shape index (κ1) is 25.4. The molecule has 1 fully saturated rings. The molecular formula is C21H24ClFN2O6S2. The number of nitrogens with zero attached hydrogens (tertiary/aromatic N) is 1. The van der Waals surface area contributed by atoms with Crippen molar-refractivity contribution in [2.24, 2.45) is 0 Å². The van der Waals surface area contributed by atoms with Crippen LogP contribution in [0.2, 0.25) is 5.02 Å². The fourth-order valence-electron chi connectivity index (χ4n) is 3.55. The number of hydrogen-bond donors (Lipinski definition) is 1. The first-order chi connectivity index (χ1) is 15.5. The van der Waals surface area contributed by atoms with Crippen molar-refractivity contribution < 1.29 is 30.8 Å². The number of carbonyl (C=O) groups excluding carboxylic acids is 1. The zero-order valence-corrected chi connectivity index (χ0v) is 20.2. The highest BCUT2D eigenvalue weighted by Gasteiger charge is 2.32. The van der Waals surface area contributed by atoms with E-state index in [1.807, 2.05) is 0 Å². The molecule has 2 aromatic carbocycles. The van der Waals surface area contributed by atoms with Gasteiger partial charge in [0.1, 0.15) is 11.6 Å². The number of sulfone groups is 1. The standard InChI is InChI=1S/C21H24ClFN2O6S2/c1-31-15-2-4-16(5-3-15)32(27,28)17-9-12-25(13-10-17)21(26)8-11-24-33(29,30)18-6-7-20(23)19(22)14-18/h2-7,14,17,24H,8-13H2,1H3. The number of piperidine rings is 1. The Morgan fingerprint density at radius 1 is 1.09 bits per heavy atom. The summed E-state index contributed by atoms with van der Waals surface area (Å²) in [5.41, 5.74) is 0. The van der Waals surface area contributed by atoms with Gasteiger partial charge in [0, 0.05) is 26.1 Å². The lowest BCUT2D eigenvalue weighted by molar-refractivity contribution is -0.131. The second-order valence-corrected chi connectivity index (χ2v) is 11.9. The van der Waals surface area contributed by atoms with Crippen molar-refractivity contribution in [3.05, 3.63) is 53.3 Å². The molecule has 0 bridgehead atoms. The van der Waals surface area contributed by atoms with Gasteiger partial charge in [0.15, 0.2) is 9.84 Å². The maximum absolute atomic E-state index is 13.2. The molecule has 12 heteroatoms. The highest BCUT2D eigenvalue weighted by atomic mass is 35.5. The van der Waals surface area contributed by atoms with Crippen molar-refractivity contribution in [1.29, 1.82) is 0 Å². The van der Waals surface area contributed by atoms with Crippen molar-refractivity contribution in [3.8, 4) is 5.75 Å². The lowest BCUT2D eigenvalue weighted by Gasteiger charge is -2.32. The van der Waals surface area contributed by atoms with Gasteiger partial charge in [0.05, 0.1) is 27.2 Å². The summed E-state index contributed by atoms with van der Waals surface area (Å²) in [6, 6.07) is 9.22. The number of hydrogen-bond acceptors (Lipinski definition) is 6. The molecule has 0 unspecified atom stereocenters. The van der Waals surface area contributed by atoms with Crippen LogP contribution in [0.5, 0.6) is 5.75 Å². The molecule has 1 heterocycles. The number of ether oxygens (including phenoxy) is 1. The topological polar surface area (TPSA) is 110 Å². The first-order valence-corrected chi connectivity index (χ1v) is 13.6. The van der Waals surface area contributed by atoms with E-state index >= 15 is 0 Å².